The number of carbonyl (C=O) groups excluding carboxylic acids is 1. The monoisotopic (exact) mass is 329 g/mol. The molecule has 0 spiro atoms. The van der Waals surface area contributed by atoms with Crippen LogP contribution in [0.2, 0.25) is 0 Å². The summed E-state index contributed by atoms with van der Waals surface area (Å²) in [6.07, 6.45) is 5.38. The average Bonchev–Trinajstić information content (AvgIpc) is 3.07. The van der Waals surface area contributed by atoms with Crippen LogP contribution in [0.3, 0.4) is 0 Å². The molecule has 2 fully saturated rings. The first kappa shape index (κ1) is 17.0. The van der Waals surface area contributed by atoms with Gasteiger partial charge in [0.25, 0.3) is 0 Å². The van der Waals surface area contributed by atoms with Gasteiger partial charge in [0.05, 0.1) is 5.92 Å². The number of aliphatic carboxylic acids is 1. The van der Waals surface area contributed by atoms with E-state index in [4.69, 9.17) is 0 Å². The van der Waals surface area contributed by atoms with Crippen LogP contribution in [0.15, 0.2) is 30.3 Å². The van der Waals surface area contributed by atoms with Gasteiger partial charge in [-0.1, -0.05) is 43.7 Å². The number of hydrogen-bond donors (Lipinski definition) is 1. The standard InChI is InChI=1S/C20H27NO3/c1-2-14-8-10-16(11-9-14)19(22)21-12-17(18(13-21)20(23)24)15-6-4-3-5-7-15/h3-7,14,16-18H,2,8-13H2,1H3,(H,23,24)/t14?,16?,17-,18-/m0/s1. The minimum absolute atomic E-state index is 0.0942. The van der Waals surface area contributed by atoms with E-state index in [9.17, 15) is 14.7 Å². The van der Waals surface area contributed by atoms with Gasteiger partial charge in [-0.15, -0.1) is 0 Å². The molecule has 0 unspecified atom stereocenters. The van der Waals surface area contributed by atoms with Crippen LogP contribution in [0, 0.1) is 17.8 Å². The summed E-state index contributed by atoms with van der Waals surface area (Å²) in [5.74, 6) is -0.362. The molecule has 2 atom stereocenters. The Morgan fingerprint density at radius 1 is 1.08 bits per heavy atom. The third kappa shape index (κ3) is 3.47. The topological polar surface area (TPSA) is 57.6 Å². The first-order valence-corrected chi connectivity index (χ1v) is 9.16. The Kier molecular flexibility index (Phi) is 5.22. The lowest BCUT2D eigenvalue weighted by molar-refractivity contribution is -0.142. The van der Waals surface area contributed by atoms with E-state index >= 15 is 0 Å². The van der Waals surface area contributed by atoms with E-state index in [0.29, 0.717) is 13.1 Å². The summed E-state index contributed by atoms with van der Waals surface area (Å²) < 4.78 is 0. The van der Waals surface area contributed by atoms with Gasteiger partial charge in [-0.2, -0.15) is 0 Å². The Morgan fingerprint density at radius 2 is 1.75 bits per heavy atom. The van der Waals surface area contributed by atoms with Crippen LogP contribution in [0.5, 0.6) is 0 Å². The second-order valence-corrected chi connectivity index (χ2v) is 7.33. The summed E-state index contributed by atoms with van der Waals surface area (Å²) in [6, 6.07) is 9.75. The van der Waals surface area contributed by atoms with Crippen molar-refractivity contribution >= 4 is 11.9 Å². The molecule has 1 aromatic carbocycles. The van der Waals surface area contributed by atoms with Crippen molar-refractivity contribution in [2.75, 3.05) is 13.1 Å². The molecule has 0 radical (unpaired) electrons. The fourth-order valence-electron chi connectivity index (χ4n) is 4.35. The molecule has 1 aliphatic heterocycles. The van der Waals surface area contributed by atoms with Gasteiger partial charge in [-0.3, -0.25) is 9.59 Å². The number of carboxylic acids is 1. The molecule has 1 heterocycles. The van der Waals surface area contributed by atoms with Crippen LogP contribution < -0.4 is 0 Å². The molecule has 1 aromatic rings. The molecule has 1 N–H and O–H groups in total. The number of hydrogen-bond acceptors (Lipinski definition) is 2. The SMILES string of the molecule is CCC1CCC(C(=O)N2C[C@H](C(=O)O)[C@H](c3ccccc3)C2)CC1. The maximum Gasteiger partial charge on any atom is 0.308 e. The Morgan fingerprint density at radius 3 is 2.33 bits per heavy atom. The number of benzene rings is 1. The average molecular weight is 329 g/mol. The fraction of sp³-hybridized carbons (Fsp3) is 0.600. The number of amides is 1. The van der Waals surface area contributed by atoms with Gasteiger partial charge in [-0.05, 0) is 37.2 Å². The van der Waals surface area contributed by atoms with E-state index in [-0.39, 0.29) is 17.7 Å². The maximum atomic E-state index is 12.9. The molecule has 2 aliphatic rings. The van der Waals surface area contributed by atoms with Crippen molar-refractivity contribution in [1.29, 1.82) is 0 Å². The number of rotatable bonds is 4. The lowest BCUT2D eigenvalue weighted by Gasteiger charge is -2.30. The molecule has 4 heteroatoms. The Hall–Kier alpha value is -1.84. The van der Waals surface area contributed by atoms with E-state index in [2.05, 4.69) is 6.92 Å². The van der Waals surface area contributed by atoms with Crippen molar-refractivity contribution in [3.05, 3.63) is 35.9 Å². The van der Waals surface area contributed by atoms with Crippen LogP contribution in [0.25, 0.3) is 0 Å². The first-order chi connectivity index (χ1) is 11.6. The van der Waals surface area contributed by atoms with E-state index in [1.807, 2.05) is 35.2 Å². The molecule has 3 rings (SSSR count). The van der Waals surface area contributed by atoms with Crippen LogP contribution in [0.1, 0.15) is 50.5 Å². The summed E-state index contributed by atoms with van der Waals surface area (Å²) in [7, 11) is 0. The minimum atomic E-state index is -0.797. The molecule has 24 heavy (non-hydrogen) atoms. The molecule has 1 saturated heterocycles. The maximum absolute atomic E-state index is 12.9. The lowest BCUT2D eigenvalue weighted by atomic mass is 9.80. The predicted molar refractivity (Wildman–Crippen MR) is 92.6 cm³/mol. The summed E-state index contributed by atoms with van der Waals surface area (Å²) in [5.41, 5.74) is 1.02. The summed E-state index contributed by atoms with van der Waals surface area (Å²) in [6.45, 7) is 3.10. The zero-order valence-corrected chi connectivity index (χ0v) is 14.4. The van der Waals surface area contributed by atoms with Crippen LogP contribution in [-0.4, -0.2) is 35.0 Å². The molecule has 0 aromatic heterocycles. The van der Waals surface area contributed by atoms with Gasteiger partial charge in [0.15, 0.2) is 0 Å². The van der Waals surface area contributed by atoms with Gasteiger partial charge in [0.2, 0.25) is 5.91 Å². The molecule has 1 aliphatic carbocycles. The zero-order valence-electron chi connectivity index (χ0n) is 14.4. The number of likely N-dealkylation sites (tertiary alicyclic amines) is 1. The van der Waals surface area contributed by atoms with Crippen molar-refractivity contribution in [3.8, 4) is 0 Å². The number of carboxylic acid groups (broad SMARTS) is 1. The Labute approximate surface area is 143 Å². The molecule has 1 amide bonds. The van der Waals surface area contributed by atoms with Crippen molar-refractivity contribution in [1.82, 2.24) is 4.90 Å². The molecule has 1 saturated carbocycles. The third-order valence-electron chi connectivity index (χ3n) is 5.95. The molecule has 4 nitrogen and oxygen atoms in total. The summed E-state index contributed by atoms with van der Waals surface area (Å²) in [5, 5.41) is 9.58. The van der Waals surface area contributed by atoms with Crippen molar-refractivity contribution in [2.24, 2.45) is 17.8 Å². The second kappa shape index (κ2) is 7.37. The highest BCUT2D eigenvalue weighted by Gasteiger charge is 2.42. The molecule has 0 bridgehead atoms. The fourth-order valence-corrected chi connectivity index (χ4v) is 4.35. The van der Waals surface area contributed by atoms with Gasteiger partial charge in [-0.25, -0.2) is 0 Å². The molecule has 130 valence electrons. The molecular formula is C20H27NO3. The number of carbonyl (C=O) groups is 2. The highest BCUT2D eigenvalue weighted by molar-refractivity contribution is 5.81. The quantitative estimate of drug-likeness (QED) is 0.919. The van der Waals surface area contributed by atoms with Gasteiger partial charge < -0.3 is 10.0 Å². The number of nitrogens with zero attached hydrogens (tertiary/aromatic N) is 1. The summed E-state index contributed by atoms with van der Waals surface area (Å²) >= 11 is 0. The van der Waals surface area contributed by atoms with Crippen LogP contribution in [-0.2, 0) is 9.59 Å². The highest BCUT2D eigenvalue weighted by atomic mass is 16.4. The van der Waals surface area contributed by atoms with Crippen molar-refractivity contribution in [2.45, 2.75) is 44.9 Å². The predicted octanol–water partition coefficient (Wildman–Crippen LogP) is 3.53. The Bertz CT molecular complexity index is 578. The largest absolute Gasteiger partial charge is 0.481 e. The van der Waals surface area contributed by atoms with Crippen LogP contribution >= 0.6 is 0 Å². The smallest absolute Gasteiger partial charge is 0.308 e. The Balaban J connectivity index is 1.69. The van der Waals surface area contributed by atoms with Gasteiger partial charge >= 0.3 is 5.97 Å². The minimum Gasteiger partial charge on any atom is -0.481 e. The second-order valence-electron chi connectivity index (χ2n) is 7.33. The van der Waals surface area contributed by atoms with E-state index < -0.39 is 11.9 Å². The van der Waals surface area contributed by atoms with Crippen molar-refractivity contribution in [3.63, 3.8) is 0 Å². The normalized spacial score (nSPS) is 30.3. The lowest BCUT2D eigenvalue weighted by Crippen LogP contribution is -2.36. The van der Waals surface area contributed by atoms with E-state index in [1.54, 1.807) is 0 Å². The van der Waals surface area contributed by atoms with Crippen LogP contribution in [0.4, 0.5) is 0 Å². The van der Waals surface area contributed by atoms with Gasteiger partial charge in [0, 0.05) is 24.9 Å². The third-order valence-corrected chi connectivity index (χ3v) is 5.95. The summed E-state index contributed by atoms with van der Waals surface area (Å²) in [4.78, 5) is 26.4. The highest BCUT2D eigenvalue weighted by Crippen LogP contribution is 2.36. The van der Waals surface area contributed by atoms with Gasteiger partial charge in [0.1, 0.15) is 0 Å². The zero-order chi connectivity index (χ0) is 17.1. The van der Waals surface area contributed by atoms with Crippen molar-refractivity contribution < 1.29 is 14.7 Å². The first-order valence-electron chi connectivity index (χ1n) is 9.16. The molecular weight excluding hydrogens is 302 g/mol. The van der Waals surface area contributed by atoms with E-state index in [1.165, 1.54) is 6.42 Å². The van der Waals surface area contributed by atoms with E-state index in [0.717, 1.165) is 37.2 Å².